The van der Waals surface area contributed by atoms with Crippen molar-refractivity contribution in [2.24, 2.45) is 0 Å². The molecule has 0 radical (unpaired) electrons. The van der Waals surface area contributed by atoms with Gasteiger partial charge in [0.25, 0.3) is 5.91 Å². The SMILES string of the molecule is CCn1ncc(Cn2cc(NC(=O)c3ccn(COc4c(OC)cccc4OC)n3)cn2)c1C. The van der Waals surface area contributed by atoms with Gasteiger partial charge in [-0.15, -0.1) is 0 Å². The van der Waals surface area contributed by atoms with E-state index in [0.717, 1.165) is 17.8 Å². The summed E-state index contributed by atoms with van der Waals surface area (Å²) in [6.07, 6.45) is 6.88. The summed E-state index contributed by atoms with van der Waals surface area (Å²) in [6, 6.07) is 6.97. The van der Waals surface area contributed by atoms with Crippen LogP contribution in [0.25, 0.3) is 0 Å². The van der Waals surface area contributed by atoms with Gasteiger partial charge in [-0.25, -0.2) is 4.68 Å². The average Bonchev–Trinajstić information content (AvgIpc) is 3.58. The molecular weight excluding hydrogens is 438 g/mol. The fraction of sp³-hybridized carbons (Fsp3) is 0.304. The molecule has 1 aromatic carbocycles. The fourth-order valence-electron chi connectivity index (χ4n) is 3.49. The molecule has 0 fully saturated rings. The molecule has 1 N–H and O–H groups in total. The van der Waals surface area contributed by atoms with Gasteiger partial charge in [-0.05, 0) is 32.0 Å². The van der Waals surface area contributed by atoms with Crippen molar-refractivity contribution in [3.63, 3.8) is 0 Å². The monoisotopic (exact) mass is 465 g/mol. The predicted molar refractivity (Wildman–Crippen MR) is 124 cm³/mol. The van der Waals surface area contributed by atoms with Crippen molar-refractivity contribution < 1.29 is 19.0 Å². The Morgan fingerprint density at radius 3 is 2.50 bits per heavy atom. The lowest BCUT2D eigenvalue weighted by atomic mass is 10.2. The van der Waals surface area contributed by atoms with E-state index in [4.69, 9.17) is 14.2 Å². The van der Waals surface area contributed by atoms with Gasteiger partial charge in [0.1, 0.15) is 0 Å². The van der Waals surface area contributed by atoms with E-state index < -0.39 is 0 Å². The number of carbonyl (C=O) groups is 1. The molecule has 4 rings (SSSR count). The Balaban J connectivity index is 1.37. The van der Waals surface area contributed by atoms with Crippen molar-refractivity contribution in [1.29, 1.82) is 0 Å². The van der Waals surface area contributed by atoms with Gasteiger partial charge >= 0.3 is 0 Å². The number of para-hydroxylation sites is 1. The lowest BCUT2D eigenvalue weighted by Gasteiger charge is -2.13. The standard InChI is InChI=1S/C23H27N7O4/c1-5-30-16(2)17(11-25-30)13-29-14-18(12-24-29)26-23(31)19-9-10-28(27-19)15-34-22-20(32-3)7-6-8-21(22)33-4/h6-12,14H,5,13,15H2,1-4H3,(H,26,31). The van der Waals surface area contributed by atoms with Crippen LogP contribution < -0.4 is 19.5 Å². The van der Waals surface area contributed by atoms with Crippen molar-refractivity contribution in [3.8, 4) is 17.2 Å². The Morgan fingerprint density at radius 1 is 1.06 bits per heavy atom. The van der Waals surface area contributed by atoms with Crippen molar-refractivity contribution in [3.05, 3.63) is 66.0 Å². The molecule has 0 spiro atoms. The van der Waals surface area contributed by atoms with Crippen LogP contribution in [0.1, 0.15) is 28.7 Å². The zero-order valence-electron chi connectivity index (χ0n) is 19.6. The van der Waals surface area contributed by atoms with Crippen LogP contribution in [0.4, 0.5) is 5.69 Å². The number of ether oxygens (including phenoxy) is 3. The van der Waals surface area contributed by atoms with Crippen LogP contribution in [0.5, 0.6) is 17.2 Å². The van der Waals surface area contributed by atoms with Crippen molar-refractivity contribution in [2.75, 3.05) is 19.5 Å². The molecule has 1 amide bonds. The van der Waals surface area contributed by atoms with E-state index in [1.54, 1.807) is 55.7 Å². The number of hydrogen-bond acceptors (Lipinski definition) is 7. The van der Waals surface area contributed by atoms with Crippen LogP contribution in [0.2, 0.25) is 0 Å². The highest BCUT2D eigenvalue weighted by Crippen LogP contribution is 2.36. The first-order valence-corrected chi connectivity index (χ1v) is 10.7. The van der Waals surface area contributed by atoms with Crippen LogP contribution in [0, 0.1) is 6.92 Å². The number of amides is 1. The van der Waals surface area contributed by atoms with Gasteiger partial charge in [0.15, 0.2) is 23.9 Å². The van der Waals surface area contributed by atoms with E-state index in [0.29, 0.717) is 29.5 Å². The average molecular weight is 466 g/mol. The molecule has 34 heavy (non-hydrogen) atoms. The molecule has 0 saturated carbocycles. The first kappa shape index (κ1) is 22.9. The van der Waals surface area contributed by atoms with Gasteiger partial charge in [0.2, 0.25) is 5.75 Å². The number of benzene rings is 1. The van der Waals surface area contributed by atoms with Crippen molar-refractivity contribution in [1.82, 2.24) is 29.3 Å². The molecule has 0 aliphatic carbocycles. The van der Waals surface area contributed by atoms with Crippen molar-refractivity contribution >= 4 is 11.6 Å². The number of aryl methyl sites for hydroxylation is 1. The molecule has 178 valence electrons. The van der Waals surface area contributed by atoms with Gasteiger partial charge in [-0.1, -0.05) is 6.07 Å². The smallest absolute Gasteiger partial charge is 0.276 e. The summed E-state index contributed by atoms with van der Waals surface area (Å²) in [5.41, 5.74) is 3.01. The second-order valence-electron chi connectivity index (χ2n) is 7.46. The van der Waals surface area contributed by atoms with E-state index in [9.17, 15) is 4.79 Å². The lowest BCUT2D eigenvalue weighted by molar-refractivity contribution is 0.102. The molecule has 0 unspecified atom stereocenters. The summed E-state index contributed by atoms with van der Waals surface area (Å²) in [6.45, 7) is 5.54. The lowest BCUT2D eigenvalue weighted by Crippen LogP contribution is -2.14. The van der Waals surface area contributed by atoms with Crippen LogP contribution >= 0.6 is 0 Å². The summed E-state index contributed by atoms with van der Waals surface area (Å²) in [7, 11) is 3.11. The first-order valence-electron chi connectivity index (χ1n) is 10.7. The minimum Gasteiger partial charge on any atom is -0.493 e. The summed E-state index contributed by atoms with van der Waals surface area (Å²) >= 11 is 0. The summed E-state index contributed by atoms with van der Waals surface area (Å²) in [5.74, 6) is 1.20. The largest absolute Gasteiger partial charge is 0.493 e. The zero-order valence-corrected chi connectivity index (χ0v) is 19.6. The molecule has 3 heterocycles. The van der Waals surface area contributed by atoms with E-state index in [2.05, 4.69) is 20.6 Å². The highest BCUT2D eigenvalue weighted by atomic mass is 16.5. The van der Waals surface area contributed by atoms with Crippen LogP contribution in [0.3, 0.4) is 0 Å². The van der Waals surface area contributed by atoms with Gasteiger partial charge in [0, 0.05) is 30.2 Å². The maximum atomic E-state index is 12.6. The minimum atomic E-state index is -0.344. The number of nitrogens with zero attached hydrogens (tertiary/aromatic N) is 6. The molecule has 11 heteroatoms. The number of methoxy groups -OCH3 is 2. The predicted octanol–water partition coefficient (Wildman–Crippen LogP) is 2.96. The van der Waals surface area contributed by atoms with Crippen LogP contribution in [-0.2, 0) is 19.8 Å². The number of nitrogens with one attached hydrogen (secondary N) is 1. The maximum Gasteiger partial charge on any atom is 0.276 e. The van der Waals surface area contributed by atoms with E-state index in [-0.39, 0.29) is 18.3 Å². The van der Waals surface area contributed by atoms with Gasteiger partial charge in [0.05, 0.1) is 38.8 Å². The van der Waals surface area contributed by atoms with E-state index in [1.807, 2.05) is 30.8 Å². The van der Waals surface area contributed by atoms with Crippen molar-refractivity contribution in [2.45, 2.75) is 33.7 Å². The van der Waals surface area contributed by atoms with Gasteiger partial charge < -0.3 is 19.5 Å². The number of hydrogen-bond donors (Lipinski definition) is 1. The zero-order chi connectivity index (χ0) is 24.1. The third kappa shape index (κ3) is 4.87. The maximum absolute atomic E-state index is 12.6. The third-order valence-electron chi connectivity index (χ3n) is 5.32. The molecule has 11 nitrogen and oxygen atoms in total. The second-order valence-corrected chi connectivity index (χ2v) is 7.46. The van der Waals surface area contributed by atoms with Crippen LogP contribution in [0.15, 0.2) is 49.1 Å². The van der Waals surface area contributed by atoms with Crippen LogP contribution in [-0.4, -0.2) is 49.5 Å². The molecule has 0 saturated heterocycles. The minimum absolute atomic E-state index is 0.0761. The molecule has 0 aliphatic rings. The molecule has 0 aliphatic heterocycles. The Morgan fingerprint density at radius 2 is 1.82 bits per heavy atom. The summed E-state index contributed by atoms with van der Waals surface area (Å²) in [5, 5.41) is 15.8. The van der Waals surface area contributed by atoms with Gasteiger partial charge in [-0.3, -0.25) is 14.2 Å². The quantitative estimate of drug-likeness (QED) is 0.383. The Hall–Kier alpha value is -4.28. The second kappa shape index (κ2) is 10.1. The molecule has 0 atom stereocenters. The highest BCUT2D eigenvalue weighted by molar-refractivity contribution is 6.02. The normalized spacial score (nSPS) is 10.8. The highest BCUT2D eigenvalue weighted by Gasteiger charge is 2.14. The molecule has 0 bridgehead atoms. The molecule has 4 aromatic rings. The van der Waals surface area contributed by atoms with E-state index >= 15 is 0 Å². The number of anilines is 1. The number of rotatable bonds is 10. The Bertz CT molecular complexity index is 1250. The van der Waals surface area contributed by atoms with E-state index in [1.165, 1.54) is 4.68 Å². The van der Waals surface area contributed by atoms with Gasteiger partial charge in [-0.2, -0.15) is 15.3 Å². The Kier molecular flexibility index (Phi) is 6.81. The summed E-state index contributed by atoms with van der Waals surface area (Å²) in [4.78, 5) is 12.6. The third-order valence-corrected chi connectivity index (χ3v) is 5.32. The number of aromatic nitrogens is 6. The fourth-order valence-corrected chi connectivity index (χ4v) is 3.49. The molecular formula is C23H27N7O4. The topological polar surface area (TPSA) is 110 Å². The molecule has 3 aromatic heterocycles. The summed E-state index contributed by atoms with van der Waals surface area (Å²) < 4.78 is 21.7. The Labute approximate surface area is 196 Å². The number of carbonyl (C=O) groups excluding carboxylic acids is 1. The first-order chi connectivity index (χ1) is 16.5.